The molecule has 2 heterocycles. The van der Waals surface area contributed by atoms with Crippen molar-refractivity contribution in [1.82, 2.24) is 15.0 Å². The largest absolute Gasteiger partial charge is 0.416 e. The minimum absolute atomic E-state index is 0.215. The van der Waals surface area contributed by atoms with E-state index in [-0.39, 0.29) is 6.54 Å². The van der Waals surface area contributed by atoms with E-state index in [0.29, 0.717) is 29.5 Å². The lowest BCUT2D eigenvalue weighted by atomic mass is 9.85. The quantitative estimate of drug-likeness (QED) is 0.191. The highest BCUT2D eigenvalue weighted by Gasteiger charge is 2.31. The van der Waals surface area contributed by atoms with Gasteiger partial charge in [0.15, 0.2) is 0 Å². The predicted molar refractivity (Wildman–Crippen MR) is 158 cm³/mol. The second-order valence-electron chi connectivity index (χ2n) is 10.7. The number of aryl methyl sites for hydroxylation is 2. The van der Waals surface area contributed by atoms with Crippen molar-refractivity contribution in [2.45, 2.75) is 59.3 Å². The highest BCUT2D eigenvalue weighted by atomic mass is 79.9. The van der Waals surface area contributed by atoms with Crippen molar-refractivity contribution in [3.05, 3.63) is 87.1 Å². The Kier molecular flexibility index (Phi) is 8.31. The monoisotopic (exact) mass is 611 g/mol. The molecule has 1 fully saturated rings. The summed E-state index contributed by atoms with van der Waals surface area (Å²) in [6.07, 6.45) is 2.62. The van der Waals surface area contributed by atoms with Crippen LogP contribution in [0.2, 0.25) is 0 Å². The van der Waals surface area contributed by atoms with Gasteiger partial charge in [-0.15, -0.1) is 0 Å². The summed E-state index contributed by atoms with van der Waals surface area (Å²) < 4.78 is 41.7. The fourth-order valence-corrected chi connectivity index (χ4v) is 5.54. The van der Waals surface area contributed by atoms with E-state index < -0.39 is 11.7 Å². The van der Waals surface area contributed by atoms with Crippen LogP contribution in [-0.2, 0) is 19.3 Å². The van der Waals surface area contributed by atoms with Crippen LogP contribution in [0.4, 0.5) is 24.9 Å². The summed E-state index contributed by atoms with van der Waals surface area (Å²) in [7, 11) is 0. The molecule has 1 aliphatic rings. The molecule has 0 aliphatic heterocycles. The molecule has 5 rings (SSSR count). The number of hydrogen-bond donors (Lipinski definition) is 0. The fourth-order valence-electron chi connectivity index (χ4n) is 5.33. The second kappa shape index (κ2) is 11.7. The molecule has 0 saturated heterocycles. The van der Waals surface area contributed by atoms with Crippen molar-refractivity contribution in [1.29, 1.82) is 0 Å². The van der Waals surface area contributed by atoms with Gasteiger partial charge in [-0.3, -0.25) is 0 Å². The molecular formula is C31H33BrF3N5. The Morgan fingerprint density at radius 3 is 2.38 bits per heavy atom. The average molecular weight is 613 g/mol. The standard InChI is InChI=1S/C31H33BrF3N5/c1-4-39(17-22-8-6-9-22)29-25(14-24-10-5-7-21(3)28(24)38-29)19-40(30-36-15-27(32)16-37-30)18-23-11-20(2)12-26(13-23)31(33,34)35/h5,7,10-16,22H,4,6,8-9,17-19H2,1-3H3. The molecule has 210 valence electrons. The number of benzene rings is 2. The zero-order chi connectivity index (χ0) is 28.4. The van der Waals surface area contributed by atoms with E-state index in [9.17, 15) is 13.2 Å². The van der Waals surface area contributed by atoms with Crippen LogP contribution in [0.25, 0.3) is 10.9 Å². The van der Waals surface area contributed by atoms with Gasteiger partial charge in [0.25, 0.3) is 0 Å². The van der Waals surface area contributed by atoms with E-state index in [2.05, 4.69) is 62.8 Å². The number of alkyl halides is 3. The summed E-state index contributed by atoms with van der Waals surface area (Å²) in [5.41, 5.74) is 3.52. The van der Waals surface area contributed by atoms with Crippen molar-refractivity contribution in [3.63, 3.8) is 0 Å². The van der Waals surface area contributed by atoms with E-state index in [1.54, 1.807) is 25.4 Å². The normalized spacial score (nSPS) is 13.9. The first kappa shape index (κ1) is 28.3. The molecule has 2 aromatic heterocycles. The zero-order valence-corrected chi connectivity index (χ0v) is 24.6. The van der Waals surface area contributed by atoms with Gasteiger partial charge in [0.05, 0.1) is 15.6 Å². The van der Waals surface area contributed by atoms with E-state index in [1.165, 1.54) is 31.4 Å². The molecule has 4 aromatic rings. The molecule has 0 N–H and O–H groups in total. The minimum Gasteiger partial charge on any atom is -0.356 e. The number of rotatable bonds is 9. The van der Waals surface area contributed by atoms with Crippen molar-refractivity contribution in [2.24, 2.45) is 5.92 Å². The van der Waals surface area contributed by atoms with Crippen molar-refractivity contribution < 1.29 is 13.2 Å². The number of pyridine rings is 1. The van der Waals surface area contributed by atoms with Gasteiger partial charge in [-0.25, -0.2) is 15.0 Å². The lowest BCUT2D eigenvalue weighted by Gasteiger charge is -2.34. The first-order valence-electron chi connectivity index (χ1n) is 13.6. The Morgan fingerprint density at radius 2 is 1.73 bits per heavy atom. The number of anilines is 2. The Morgan fingerprint density at radius 1 is 0.975 bits per heavy atom. The second-order valence-corrected chi connectivity index (χ2v) is 11.6. The topological polar surface area (TPSA) is 45.2 Å². The summed E-state index contributed by atoms with van der Waals surface area (Å²) in [4.78, 5) is 18.5. The molecule has 9 heteroatoms. The molecule has 0 spiro atoms. The molecule has 0 atom stereocenters. The van der Waals surface area contributed by atoms with Crippen LogP contribution in [0, 0.1) is 19.8 Å². The molecule has 0 bridgehead atoms. The van der Waals surface area contributed by atoms with E-state index in [0.717, 1.165) is 45.4 Å². The van der Waals surface area contributed by atoms with Gasteiger partial charge in [-0.2, -0.15) is 13.2 Å². The third-order valence-corrected chi connectivity index (χ3v) is 7.99. The van der Waals surface area contributed by atoms with Gasteiger partial charge in [-0.1, -0.05) is 36.2 Å². The first-order chi connectivity index (χ1) is 19.1. The minimum atomic E-state index is -4.42. The van der Waals surface area contributed by atoms with Gasteiger partial charge >= 0.3 is 6.18 Å². The number of nitrogens with zero attached hydrogens (tertiary/aromatic N) is 5. The summed E-state index contributed by atoms with van der Waals surface area (Å²) in [5, 5.41) is 1.03. The van der Waals surface area contributed by atoms with E-state index >= 15 is 0 Å². The van der Waals surface area contributed by atoms with Crippen LogP contribution < -0.4 is 9.80 Å². The summed E-state index contributed by atoms with van der Waals surface area (Å²) in [6, 6.07) is 12.5. The molecule has 0 amide bonds. The smallest absolute Gasteiger partial charge is 0.356 e. The maximum Gasteiger partial charge on any atom is 0.416 e. The molecular weight excluding hydrogens is 579 g/mol. The highest BCUT2D eigenvalue weighted by molar-refractivity contribution is 9.10. The van der Waals surface area contributed by atoms with Crippen LogP contribution in [-0.4, -0.2) is 28.0 Å². The maximum atomic E-state index is 13.6. The summed E-state index contributed by atoms with van der Waals surface area (Å²) in [6.45, 7) is 8.26. The third kappa shape index (κ3) is 6.40. The number of para-hydroxylation sites is 1. The lowest BCUT2D eigenvalue weighted by molar-refractivity contribution is -0.137. The zero-order valence-electron chi connectivity index (χ0n) is 23.0. The Labute approximate surface area is 241 Å². The average Bonchev–Trinajstić information content (AvgIpc) is 2.88. The molecule has 1 aliphatic carbocycles. The summed E-state index contributed by atoms with van der Waals surface area (Å²) >= 11 is 3.39. The van der Waals surface area contributed by atoms with Gasteiger partial charge in [0, 0.05) is 49.5 Å². The molecule has 0 unspecified atom stereocenters. The predicted octanol–water partition coefficient (Wildman–Crippen LogP) is 8.26. The van der Waals surface area contributed by atoms with Crippen LogP contribution >= 0.6 is 15.9 Å². The Hall–Kier alpha value is -3.20. The summed E-state index contributed by atoms with van der Waals surface area (Å²) in [5.74, 6) is 2.01. The molecule has 40 heavy (non-hydrogen) atoms. The van der Waals surface area contributed by atoms with Crippen LogP contribution in [0.15, 0.2) is 59.3 Å². The van der Waals surface area contributed by atoms with Gasteiger partial charge < -0.3 is 9.80 Å². The van der Waals surface area contributed by atoms with Gasteiger partial charge in [0.1, 0.15) is 5.82 Å². The SMILES string of the molecule is CCN(CC1CCC1)c1nc2c(C)cccc2cc1CN(Cc1cc(C)cc(C(F)(F)F)c1)c1ncc(Br)cn1. The van der Waals surface area contributed by atoms with Gasteiger partial charge in [0.2, 0.25) is 5.95 Å². The third-order valence-electron chi connectivity index (χ3n) is 7.58. The Bertz CT molecular complexity index is 1490. The fraction of sp³-hybridized carbons (Fsp3) is 0.387. The Balaban J connectivity index is 1.58. The number of hydrogen-bond acceptors (Lipinski definition) is 5. The molecule has 5 nitrogen and oxygen atoms in total. The highest BCUT2D eigenvalue weighted by Crippen LogP contribution is 2.34. The molecule has 2 aromatic carbocycles. The molecule has 1 saturated carbocycles. The van der Waals surface area contributed by atoms with Crippen LogP contribution in [0.5, 0.6) is 0 Å². The van der Waals surface area contributed by atoms with Crippen LogP contribution in [0.1, 0.15) is 54.0 Å². The number of halogens is 4. The lowest BCUT2D eigenvalue weighted by Crippen LogP contribution is -2.34. The van der Waals surface area contributed by atoms with Gasteiger partial charge in [-0.05, 0) is 84.8 Å². The first-order valence-corrected chi connectivity index (χ1v) is 14.4. The van der Waals surface area contributed by atoms with Crippen molar-refractivity contribution in [2.75, 3.05) is 22.9 Å². The molecule has 0 radical (unpaired) electrons. The van der Waals surface area contributed by atoms with Crippen LogP contribution in [0.3, 0.4) is 0 Å². The van der Waals surface area contributed by atoms with Crippen molar-refractivity contribution >= 4 is 38.6 Å². The van der Waals surface area contributed by atoms with E-state index in [4.69, 9.17) is 4.98 Å². The van der Waals surface area contributed by atoms with E-state index in [1.807, 2.05) is 11.0 Å². The van der Waals surface area contributed by atoms with Crippen molar-refractivity contribution in [3.8, 4) is 0 Å². The maximum absolute atomic E-state index is 13.6. The number of aromatic nitrogens is 3. The number of fused-ring (bicyclic) bond motifs is 1.